The molecule has 0 aromatic rings. The first kappa shape index (κ1) is 11.8. The average Bonchev–Trinajstić information content (AvgIpc) is 2.41. The molecule has 0 spiro atoms. The zero-order valence-electron chi connectivity index (χ0n) is 9.06. The molecule has 1 rings (SSSR count). The van der Waals surface area contributed by atoms with E-state index in [-0.39, 0.29) is 18.5 Å². The Labute approximate surface area is 88.8 Å². The second-order valence-corrected chi connectivity index (χ2v) is 3.99. The summed E-state index contributed by atoms with van der Waals surface area (Å²) >= 11 is 0. The first-order chi connectivity index (χ1) is 6.99. The van der Waals surface area contributed by atoms with Crippen molar-refractivity contribution in [3.8, 4) is 0 Å². The Bertz CT molecular complexity index is 255. The van der Waals surface area contributed by atoms with Gasteiger partial charge >= 0.3 is 12.0 Å². The van der Waals surface area contributed by atoms with Gasteiger partial charge in [-0.25, -0.2) is 4.79 Å². The van der Waals surface area contributed by atoms with Gasteiger partial charge in [-0.05, 0) is 14.1 Å². The highest BCUT2D eigenvalue weighted by atomic mass is 16.4. The Morgan fingerprint density at radius 3 is 2.87 bits per heavy atom. The quantitative estimate of drug-likeness (QED) is 0.643. The molecule has 0 radical (unpaired) electrons. The van der Waals surface area contributed by atoms with Crippen LogP contribution < -0.4 is 5.32 Å². The normalized spacial score (nSPS) is 20.9. The van der Waals surface area contributed by atoms with Gasteiger partial charge in [0.15, 0.2) is 0 Å². The van der Waals surface area contributed by atoms with E-state index in [9.17, 15) is 9.59 Å². The van der Waals surface area contributed by atoms with Crippen molar-refractivity contribution < 1.29 is 14.7 Å². The molecule has 6 nitrogen and oxygen atoms in total. The fourth-order valence-corrected chi connectivity index (χ4v) is 1.50. The van der Waals surface area contributed by atoms with Crippen LogP contribution in [0, 0.1) is 0 Å². The van der Waals surface area contributed by atoms with Gasteiger partial charge in [0, 0.05) is 19.6 Å². The van der Waals surface area contributed by atoms with Crippen molar-refractivity contribution in [1.29, 1.82) is 0 Å². The molecule has 0 aromatic heterocycles. The second-order valence-electron chi connectivity index (χ2n) is 3.99. The molecule has 1 fully saturated rings. The minimum absolute atomic E-state index is 0.00972. The van der Waals surface area contributed by atoms with E-state index < -0.39 is 5.97 Å². The number of urea groups is 1. The summed E-state index contributed by atoms with van der Waals surface area (Å²) in [5.41, 5.74) is 0. The summed E-state index contributed by atoms with van der Waals surface area (Å²) in [6, 6.07) is -0.416. The molecule has 1 aliphatic rings. The number of amides is 2. The van der Waals surface area contributed by atoms with Crippen LogP contribution in [0.15, 0.2) is 0 Å². The van der Waals surface area contributed by atoms with E-state index in [0.717, 1.165) is 6.54 Å². The third-order valence-corrected chi connectivity index (χ3v) is 2.29. The van der Waals surface area contributed by atoms with Gasteiger partial charge in [0.25, 0.3) is 0 Å². The summed E-state index contributed by atoms with van der Waals surface area (Å²) in [6.07, 6.45) is -0.00972. The Balaban J connectivity index is 2.35. The lowest BCUT2D eigenvalue weighted by atomic mass is 10.2. The van der Waals surface area contributed by atoms with E-state index in [1.165, 1.54) is 0 Å². The van der Waals surface area contributed by atoms with Crippen LogP contribution in [0.4, 0.5) is 4.79 Å². The van der Waals surface area contributed by atoms with Gasteiger partial charge < -0.3 is 20.2 Å². The van der Waals surface area contributed by atoms with Gasteiger partial charge in [0.05, 0.1) is 12.5 Å². The molecular formula is C9H17N3O3. The maximum absolute atomic E-state index is 11.4. The summed E-state index contributed by atoms with van der Waals surface area (Å²) in [7, 11) is 3.87. The molecule has 1 heterocycles. The molecule has 0 aromatic carbocycles. The van der Waals surface area contributed by atoms with Crippen molar-refractivity contribution in [3.05, 3.63) is 0 Å². The monoisotopic (exact) mass is 215 g/mol. The van der Waals surface area contributed by atoms with E-state index >= 15 is 0 Å². The third kappa shape index (κ3) is 3.75. The van der Waals surface area contributed by atoms with Crippen LogP contribution >= 0.6 is 0 Å². The molecule has 0 bridgehead atoms. The van der Waals surface area contributed by atoms with Crippen LogP contribution in [-0.2, 0) is 4.79 Å². The van der Waals surface area contributed by atoms with Gasteiger partial charge in [0.2, 0.25) is 0 Å². The molecule has 1 atom stereocenters. The van der Waals surface area contributed by atoms with Crippen LogP contribution in [0.5, 0.6) is 0 Å². The molecule has 6 heteroatoms. The van der Waals surface area contributed by atoms with Gasteiger partial charge in [-0.1, -0.05) is 0 Å². The molecule has 1 aliphatic heterocycles. The summed E-state index contributed by atoms with van der Waals surface area (Å²) in [6.45, 7) is 1.90. The third-order valence-electron chi connectivity index (χ3n) is 2.29. The molecule has 1 saturated heterocycles. The lowest BCUT2D eigenvalue weighted by Gasteiger charge is -2.17. The first-order valence-electron chi connectivity index (χ1n) is 4.91. The van der Waals surface area contributed by atoms with Crippen LogP contribution in [0.1, 0.15) is 6.42 Å². The standard InChI is InChI=1S/C9H17N3O3/c1-11(2)3-4-12-6-7(5-8(13)14)10-9(12)15/h7H,3-6H2,1-2H3,(H,10,15)(H,13,14). The van der Waals surface area contributed by atoms with E-state index in [1.54, 1.807) is 4.90 Å². The summed E-state index contributed by atoms with van der Waals surface area (Å²) in [5, 5.41) is 11.2. The molecule has 0 saturated carbocycles. The minimum Gasteiger partial charge on any atom is -0.481 e. The number of aliphatic carboxylic acids is 1. The van der Waals surface area contributed by atoms with Crippen LogP contribution in [0.3, 0.4) is 0 Å². The van der Waals surface area contributed by atoms with Gasteiger partial charge in [-0.15, -0.1) is 0 Å². The largest absolute Gasteiger partial charge is 0.481 e. The molecule has 2 N–H and O–H groups in total. The van der Waals surface area contributed by atoms with E-state index in [4.69, 9.17) is 5.11 Å². The number of carboxylic acid groups (broad SMARTS) is 1. The summed E-state index contributed by atoms with van der Waals surface area (Å²) < 4.78 is 0. The number of carboxylic acids is 1. The van der Waals surface area contributed by atoms with Crippen LogP contribution in [-0.4, -0.2) is 66.7 Å². The van der Waals surface area contributed by atoms with Crippen molar-refractivity contribution >= 4 is 12.0 Å². The number of carbonyl (C=O) groups excluding carboxylic acids is 1. The maximum Gasteiger partial charge on any atom is 0.317 e. The molecule has 1 unspecified atom stereocenters. The Morgan fingerprint density at radius 1 is 1.67 bits per heavy atom. The first-order valence-corrected chi connectivity index (χ1v) is 4.91. The minimum atomic E-state index is -0.880. The number of carbonyl (C=O) groups is 2. The number of likely N-dealkylation sites (N-methyl/N-ethyl adjacent to an activating group) is 1. The fraction of sp³-hybridized carbons (Fsp3) is 0.778. The lowest BCUT2D eigenvalue weighted by Crippen LogP contribution is -2.34. The second kappa shape index (κ2) is 4.97. The number of nitrogens with zero attached hydrogens (tertiary/aromatic N) is 2. The highest BCUT2D eigenvalue weighted by molar-refractivity contribution is 5.78. The number of rotatable bonds is 5. The molecule has 0 aliphatic carbocycles. The molecule has 15 heavy (non-hydrogen) atoms. The topological polar surface area (TPSA) is 72.9 Å². The predicted molar refractivity (Wildman–Crippen MR) is 54.7 cm³/mol. The van der Waals surface area contributed by atoms with Gasteiger partial charge in [-0.2, -0.15) is 0 Å². The highest BCUT2D eigenvalue weighted by Crippen LogP contribution is 2.06. The van der Waals surface area contributed by atoms with Crippen molar-refractivity contribution in [3.63, 3.8) is 0 Å². The number of hydrogen-bond acceptors (Lipinski definition) is 3. The molecule has 2 amide bonds. The summed E-state index contributed by atoms with van der Waals surface area (Å²) in [4.78, 5) is 25.5. The smallest absolute Gasteiger partial charge is 0.317 e. The van der Waals surface area contributed by atoms with Crippen molar-refractivity contribution in [1.82, 2.24) is 15.1 Å². The van der Waals surface area contributed by atoms with Crippen molar-refractivity contribution in [2.45, 2.75) is 12.5 Å². The van der Waals surface area contributed by atoms with Crippen molar-refractivity contribution in [2.24, 2.45) is 0 Å². The highest BCUT2D eigenvalue weighted by Gasteiger charge is 2.29. The van der Waals surface area contributed by atoms with Crippen LogP contribution in [0.25, 0.3) is 0 Å². The number of nitrogens with one attached hydrogen (secondary N) is 1. The van der Waals surface area contributed by atoms with Crippen LogP contribution in [0.2, 0.25) is 0 Å². The van der Waals surface area contributed by atoms with E-state index in [1.807, 2.05) is 19.0 Å². The molecule has 86 valence electrons. The Hall–Kier alpha value is -1.30. The average molecular weight is 215 g/mol. The summed E-state index contributed by atoms with van der Waals surface area (Å²) in [5.74, 6) is -0.880. The zero-order chi connectivity index (χ0) is 11.4. The molecular weight excluding hydrogens is 198 g/mol. The number of hydrogen-bond donors (Lipinski definition) is 2. The van der Waals surface area contributed by atoms with E-state index in [0.29, 0.717) is 13.1 Å². The van der Waals surface area contributed by atoms with Gasteiger partial charge in [-0.3, -0.25) is 4.79 Å². The zero-order valence-corrected chi connectivity index (χ0v) is 9.06. The van der Waals surface area contributed by atoms with Crippen molar-refractivity contribution in [2.75, 3.05) is 33.7 Å². The van der Waals surface area contributed by atoms with Gasteiger partial charge in [0.1, 0.15) is 0 Å². The van der Waals surface area contributed by atoms with E-state index in [2.05, 4.69) is 5.32 Å². The predicted octanol–water partition coefficient (Wildman–Crippen LogP) is -0.583. The lowest BCUT2D eigenvalue weighted by molar-refractivity contribution is -0.137. The Morgan fingerprint density at radius 2 is 2.33 bits per heavy atom. The SMILES string of the molecule is CN(C)CCN1CC(CC(=O)O)NC1=O. The Kier molecular flexibility index (Phi) is 3.90. The fourth-order valence-electron chi connectivity index (χ4n) is 1.50. The maximum atomic E-state index is 11.4.